The number of H-pyrrole nitrogens is 2. The number of hydrogen-bond acceptors (Lipinski definition) is 4. The van der Waals surface area contributed by atoms with Crippen LogP contribution >= 0.6 is 0 Å². The van der Waals surface area contributed by atoms with Gasteiger partial charge < -0.3 is 14.8 Å². The van der Waals surface area contributed by atoms with Crippen molar-refractivity contribution in [2.24, 2.45) is 0 Å². The Morgan fingerprint density at radius 1 is 1.15 bits per heavy atom. The maximum Gasteiger partial charge on any atom is 0.326 e. The van der Waals surface area contributed by atoms with Crippen molar-refractivity contribution in [3.63, 3.8) is 0 Å². The van der Waals surface area contributed by atoms with Crippen molar-refractivity contribution in [3.8, 4) is 0 Å². The van der Waals surface area contributed by atoms with E-state index in [9.17, 15) is 14.4 Å². The van der Waals surface area contributed by atoms with Crippen molar-refractivity contribution in [3.05, 3.63) is 68.0 Å². The van der Waals surface area contributed by atoms with Gasteiger partial charge in [0.25, 0.3) is 11.5 Å². The maximum atomic E-state index is 12.9. The third-order valence-electron chi connectivity index (χ3n) is 4.62. The lowest BCUT2D eigenvalue weighted by molar-refractivity contribution is 0.0604. The predicted molar refractivity (Wildman–Crippen MR) is 99.1 cm³/mol. The number of nitrogens with one attached hydrogen (secondary N) is 2. The van der Waals surface area contributed by atoms with Crippen LogP contribution in [-0.4, -0.2) is 46.3 Å². The van der Waals surface area contributed by atoms with Gasteiger partial charge in [0.15, 0.2) is 0 Å². The monoisotopic (exact) mass is 356 g/mol. The number of amides is 1. The summed E-state index contributed by atoms with van der Waals surface area (Å²) in [7, 11) is 4.05. The molecule has 1 amide bonds. The Morgan fingerprint density at radius 3 is 2.54 bits per heavy atom. The van der Waals surface area contributed by atoms with E-state index < -0.39 is 11.2 Å². The first-order chi connectivity index (χ1) is 12.4. The minimum absolute atomic E-state index is 0.0369. The van der Waals surface area contributed by atoms with Gasteiger partial charge in [-0.1, -0.05) is 24.3 Å². The number of benzene rings is 1. The average Bonchev–Trinajstić information content (AvgIpc) is 2.60. The van der Waals surface area contributed by atoms with Gasteiger partial charge in [0.05, 0.1) is 6.04 Å². The van der Waals surface area contributed by atoms with Crippen molar-refractivity contribution < 1.29 is 4.79 Å². The molecule has 1 aromatic heterocycles. The van der Waals surface area contributed by atoms with E-state index in [-0.39, 0.29) is 17.6 Å². The van der Waals surface area contributed by atoms with E-state index in [0.29, 0.717) is 6.54 Å². The number of hydrogen-bond donors (Lipinski definition) is 2. The minimum Gasteiger partial charge on any atom is -0.330 e. The van der Waals surface area contributed by atoms with Gasteiger partial charge in [-0.25, -0.2) is 4.79 Å². The molecule has 1 aliphatic heterocycles. The number of piperidine rings is 1. The summed E-state index contributed by atoms with van der Waals surface area (Å²) in [6.07, 6.45) is 2.82. The van der Waals surface area contributed by atoms with E-state index in [2.05, 4.69) is 39.1 Å². The summed E-state index contributed by atoms with van der Waals surface area (Å²) in [5.41, 5.74) is 1.09. The molecule has 0 saturated carbocycles. The summed E-state index contributed by atoms with van der Waals surface area (Å²) in [6, 6.07) is 9.40. The molecular weight excluding hydrogens is 332 g/mol. The third-order valence-corrected chi connectivity index (χ3v) is 4.62. The van der Waals surface area contributed by atoms with Gasteiger partial charge in [0.2, 0.25) is 0 Å². The van der Waals surface area contributed by atoms with Crippen molar-refractivity contribution in [1.82, 2.24) is 19.8 Å². The van der Waals surface area contributed by atoms with Crippen LogP contribution in [0.5, 0.6) is 0 Å². The molecule has 1 aromatic carbocycles. The Bertz CT molecular complexity index is 854. The van der Waals surface area contributed by atoms with Gasteiger partial charge in [-0.3, -0.25) is 14.6 Å². The SMILES string of the molecule is CN(C)Cc1ccc([C@@H]2CCCCN2C(=O)c2cc(=O)[nH]c(=O)[nH]2)cc1. The van der Waals surface area contributed by atoms with Gasteiger partial charge in [0, 0.05) is 19.2 Å². The molecule has 26 heavy (non-hydrogen) atoms. The fourth-order valence-electron chi connectivity index (χ4n) is 3.47. The quantitative estimate of drug-likeness (QED) is 0.869. The first-order valence-electron chi connectivity index (χ1n) is 8.82. The Hall–Kier alpha value is -2.67. The van der Waals surface area contributed by atoms with E-state index in [0.717, 1.165) is 37.4 Å². The summed E-state index contributed by atoms with van der Waals surface area (Å²) in [6.45, 7) is 1.47. The van der Waals surface area contributed by atoms with Crippen LogP contribution in [0.3, 0.4) is 0 Å². The molecule has 138 valence electrons. The second kappa shape index (κ2) is 7.70. The number of aromatic nitrogens is 2. The number of carbonyl (C=O) groups excluding carboxylic acids is 1. The van der Waals surface area contributed by atoms with Crippen LogP contribution in [0.1, 0.15) is 46.9 Å². The number of rotatable bonds is 4. The van der Waals surface area contributed by atoms with Crippen LogP contribution in [0.15, 0.2) is 39.9 Å². The standard InChI is InChI=1S/C19H24N4O3/c1-22(2)12-13-6-8-14(9-7-13)16-5-3-4-10-23(16)18(25)15-11-17(24)21-19(26)20-15/h6-9,11,16H,3-5,10,12H2,1-2H3,(H2,20,21,24,26)/t16-/m0/s1. The highest BCUT2D eigenvalue weighted by Gasteiger charge is 2.29. The summed E-state index contributed by atoms with van der Waals surface area (Å²) in [5.74, 6) is -0.310. The molecule has 0 bridgehead atoms. The van der Waals surface area contributed by atoms with Gasteiger partial charge in [-0.2, -0.15) is 0 Å². The van der Waals surface area contributed by atoms with E-state index in [4.69, 9.17) is 0 Å². The predicted octanol–water partition coefficient (Wildman–Crippen LogP) is 1.49. The van der Waals surface area contributed by atoms with Crippen molar-refractivity contribution in [2.75, 3.05) is 20.6 Å². The van der Waals surface area contributed by atoms with Crippen LogP contribution in [-0.2, 0) is 6.54 Å². The molecule has 0 unspecified atom stereocenters. The van der Waals surface area contributed by atoms with Gasteiger partial charge >= 0.3 is 5.69 Å². The highest BCUT2D eigenvalue weighted by Crippen LogP contribution is 2.32. The molecule has 3 rings (SSSR count). The Labute approximate surface area is 151 Å². The minimum atomic E-state index is -0.664. The molecule has 7 nitrogen and oxygen atoms in total. The molecule has 2 N–H and O–H groups in total. The molecule has 0 radical (unpaired) electrons. The van der Waals surface area contributed by atoms with E-state index >= 15 is 0 Å². The summed E-state index contributed by atoms with van der Waals surface area (Å²) >= 11 is 0. The second-order valence-corrected chi connectivity index (χ2v) is 6.99. The fourth-order valence-corrected chi connectivity index (χ4v) is 3.47. The highest BCUT2D eigenvalue weighted by molar-refractivity contribution is 5.92. The molecule has 1 saturated heterocycles. The normalized spacial score (nSPS) is 17.5. The lowest BCUT2D eigenvalue weighted by Crippen LogP contribution is -2.40. The maximum absolute atomic E-state index is 12.9. The molecule has 1 aliphatic rings. The number of nitrogens with zero attached hydrogens (tertiary/aromatic N) is 2. The lowest BCUT2D eigenvalue weighted by Gasteiger charge is -2.36. The van der Waals surface area contributed by atoms with Gasteiger partial charge in [0.1, 0.15) is 5.69 Å². The lowest BCUT2D eigenvalue weighted by atomic mass is 9.94. The highest BCUT2D eigenvalue weighted by atomic mass is 16.2. The Morgan fingerprint density at radius 2 is 1.88 bits per heavy atom. The van der Waals surface area contributed by atoms with Crippen LogP contribution in [0.4, 0.5) is 0 Å². The zero-order chi connectivity index (χ0) is 18.7. The van der Waals surface area contributed by atoms with Crippen LogP contribution in [0.2, 0.25) is 0 Å². The Kier molecular flexibility index (Phi) is 5.37. The van der Waals surface area contributed by atoms with Crippen molar-refractivity contribution in [1.29, 1.82) is 0 Å². The van der Waals surface area contributed by atoms with Crippen LogP contribution in [0, 0.1) is 0 Å². The number of aromatic amines is 2. The zero-order valence-corrected chi connectivity index (χ0v) is 15.1. The fraction of sp³-hybridized carbons (Fsp3) is 0.421. The van der Waals surface area contributed by atoms with Gasteiger partial charge in [-0.05, 0) is 44.5 Å². The van der Waals surface area contributed by atoms with Crippen LogP contribution in [0.25, 0.3) is 0 Å². The smallest absolute Gasteiger partial charge is 0.326 e. The number of likely N-dealkylation sites (tertiary alicyclic amines) is 1. The summed E-state index contributed by atoms with van der Waals surface area (Å²) in [4.78, 5) is 44.3. The molecule has 1 fully saturated rings. The largest absolute Gasteiger partial charge is 0.330 e. The zero-order valence-electron chi connectivity index (χ0n) is 15.1. The molecule has 0 spiro atoms. The number of carbonyl (C=O) groups is 1. The molecule has 7 heteroatoms. The molecule has 2 heterocycles. The van der Waals surface area contributed by atoms with E-state index in [1.807, 2.05) is 14.1 Å². The topological polar surface area (TPSA) is 89.3 Å². The molecular formula is C19H24N4O3. The third kappa shape index (κ3) is 4.11. The van der Waals surface area contributed by atoms with Gasteiger partial charge in [-0.15, -0.1) is 0 Å². The summed E-state index contributed by atoms with van der Waals surface area (Å²) < 4.78 is 0. The van der Waals surface area contributed by atoms with Crippen LogP contribution < -0.4 is 11.2 Å². The average molecular weight is 356 g/mol. The first kappa shape index (κ1) is 18.1. The van der Waals surface area contributed by atoms with E-state index in [1.165, 1.54) is 5.56 Å². The first-order valence-corrected chi connectivity index (χ1v) is 8.82. The molecule has 1 atom stereocenters. The van der Waals surface area contributed by atoms with Crippen molar-refractivity contribution in [2.45, 2.75) is 31.8 Å². The van der Waals surface area contributed by atoms with Crippen molar-refractivity contribution >= 4 is 5.91 Å². The van der Waals surface area contributed by atoms with E-state index in [1.54, 1.807) is 4.90 Å². The molecule has 0 aliphatic carbocycles. The molecule has 2 aromatic rings. The Balaban J connectivity index is 1.86. The second-order valence-electron chi connectivity index (χ2n) is 6.99. The summed E-state index contributed by atoms with van der Waals surface area (Å²) in [5, 5.41) is 0.